The van der Waals surface area contributed by atoms with Gasteiger partial charge >= 0.3 is 0 Å². The van der Waals surface area contributed by atoms with Crippen LogP contribution in [0.1, 0.15) is 0 Å². The van der Waals surface area contributed by atoms with Gasteiger partial charge in [0, 0.05) is 17.9 Å². The van der Waals surface area contributed by atoms with E-state index in [1.54, 1.807) is 24.3 Å². The van der Waals surface area contributed by atoms with Crippen molar-refractivity contribution in [2.24, 2.45) is 0 Å². The van der Waals surface area contributed by atoms with Crippen LogP contribution < -0.4 is 16.4 Å². The van der Waals surface area contributed by atoms with Gasteiger partial charge in [-0.05, 0) is 18.2 Å². The first-order valence-corrected chi connectivity index (χ1v) is 5.69. The molecule has 100 valence electrons. The van der Waals surface area contributed by atoms with Crippen LogP contribution in [0.4, 0.5) is 27.5 Å². The molecule has 0 radical (unpaired) electrons. The van der Waals surface area contributed by atoms with E-state index in [0.29, 0.717) is 11.4 Å². The van der Waals surface area contributed by atoms with Crippen molar-refractivity contribution >= 4 is 23.1 Å². The molecule has 0 unspecified atom stereocenters. The maximum atomic E-state index is 13.4. The summed E-state index contributed by atoms with van der Waals surface area (Å²) in [6.45, 7) is 0.104. The van der Waals surface area contributed by atoms with E-state index < -0.39 is 5.82 Å². The van der Waals surface area contributed by atoms with Crippen LogP contribution in [0, 0.1) is 5.82 Å². The number of aliphatic hydroxyl groups excluding tert-OH is 1. The minimum atomic E-state index is -0.577. The fourth-order valence-corrected chi connectivity index (χ4v) is 1.47. The number of hydrogen-bond acceptors (Lipinski definition) is 6. The standard InChI is InChI=1S/C12H14FN5O/c13-10-7-16-12(18-11(10)15-4-5-19)17-9-3-1-2-8(14)6-9/h1-3,6-7,19H,4-5,14H2,(H2,15,16,17,18). The third kappa shape index (κ3) is 3.52. The molecule has 1 aromatic carbocycles. The van der Waals surface area contributed by atoms with Gasteiger partial charge in [-0.15, -0.1) is 0 Å². The molecule has 6 nitrogen and oxygen atoms in total. The summed E-state index contributed by atoms with van der Waals surface area (Å²) < 4.78 is 13.4. The molecule has 0 aliphatic heterocycles. The Bertz CT molecular complexity index is 564. The fraction of sp³-hybridized carbons (Fsp3) is 0.167. The molecule has 1 heterocycles. The molecule has 1 aromatic heterocycles. The molecule has 5 N–H and O–H groups in total. The van der Waals surface area contributed by atoms with Crippen molar-refractivity contribution in [3.8, 4) is 0 Å². The first-order valence-electron chi connectivity index (χ1n) is 5.69. The lowest BCUT2D eigenvalue weighted by Gasteiger charge is -2.08. The van der Waals surface area contributed by atoms with Gasteiger partial charge < -0.3 is 21.5 Å². The largest absolute Gasteiger partial charge is 0.399 e. The minimum Gasteiger partial charge on any atom is -0.399 e. The van der Waals surface area contributed by atoms with Gasteiger partial charge in [0.05, 0.1) is 12.8 Å². The lowest BCUT2D eigenvalue weighted by molar-refractivity contribution is 0.310. The highest BCUT2D eigenvalue weighted by atomic mass is 19.1. The maximum absolute atomic E-state index is 13.4. The summed E-state index contributed by atoms with van der Waals surface area (Å²) in [4.78, 5) is 7.81. The number of nitrogens with one attached hydrogen (secondary N) is 2. The van der Waals surface area contributed by atoms with Crippen LogP contribution >= 0.6 is 0 Å². The Morgan fingerprint density at radius 1 is 1.37 bits per heavy atom. The Hall–Kier alpha value is -2.41. The average Bonchev–Trinajstić information content (AvgIpc) is 2.39. The summed E-state index contributed by atoms with van der Waals surface area (Å²) >= 11 is 0. The number of halogens is 1. The van der Waals surface area contributed by atoms with E-state index in [2.05, 4.69) is 20.6 Å². The van der Waals surface area contributed by atoms with Gasteiger partial charge in [-0.2, -0.15) is 4.98 Å². The van der Waals surface area contributed by atoms with Crippen LogP contribution in [0.3, 0.4) is 0 Å². The normalized spacial score (nSPS) is 10.2. The second-order valence-corrected chi connectivity index (χ2v) is 3.79. The molecule has 0 saturated carbocycles. The highest BCUT2D eigenvalue weighted by Gasteiger charge is 2.06. The third-order valence-corrected chi connectivity index (χ3v) is 2.29. The summed E-state index contributed by atoms with van der Waals surface area (Å²) in [5.74, 6) is -0.297. The molecule has 2 aromatic rings. The van der Waals surface area contributed by atoms with Gasteiger partial charge in [0.15, 0.2) is 11.6 Å². The molecule has 0 bridgehead atoms. The second kappa shape index (κ2) is 5.96. The van der Waals surface area contributed by atoms with E-state index in [1.807, 2.05) is 0 Å². The van der Waals surface area contributed by atoms with Gasteiger partial charge in [0.1, 0.15) is 0 Å². The van der Waals surface area contributed by atoms with E-state index >= 15 is 0 Å². The van der Waals surface area contributed by atoms with Crippen molar-refractivity contribution in [1.29, 1.82) is 0 Å². The van der Waals surface area contributed by atoms with E-state index in [-0.39, 0.29) is 24.9 Å². The predicted octanol–water partition coefficient (Wildman–Crippen LogP) is 1.35. The molecule has 0 aliphatic carbocycles. The number of hydrogen-bond donors (Lipinski definition) is 4. The lowest BCUT2D eigenvalue weighted by atomic mass is 10.3. The molecule has 19 heavy (non-hydrogen) atoms. The van der Waals surface area contributed by atoms with Gasteiger partial charge in [0.25, 0.3) is 0 Å². The van der Waals surface area contributed by atoms with E-state index in [4.69, 9.17) is 10.8 Å². The van der Waals surface area contributed by atoms with Crippen LogP contribution in [-0.2, 0) is 0 Å². The summed E-state index contributed by atoms with van der Waals surface area (Å²) in [6, 6.07) is 7.05. The highest BCUT2D eigenvalue weighted by Crippen LogP contribution is 2.18. The monoisotopic (exact) mass is 263 g/mol. The Morgan fingerprint density at radius 3 is 2.95 bits per heavy atom. The molecule has 0 spiro atoms. The van der Waals surface area contributed by atoms with Gasteiger partial charge in [0.2, 0.25) is 5.95 Å². The summed E-state index contributed by atoms with van der Waals surface area (Å²) in [7, 11) is 0. The van der Waals surface area contributed by atoms with E-state index in [1.165, 1.54) is 0 Å². The molecule has 2 rings (SSSR count). The van der Waals surface area contributed by atoms with Crippen LogP contribution in [0.5, 0.6) is 0 Å². The fourth-order valence-electron chi connectivity index (χ4n) is 1.47. The van der Waals surface area contributed by atoms with Crippen LogP contribution in [0.25, 0.3) is 0 Å². The molecule has 0 saturated heterocycles. The number of anilines is 4. The molecular formula is C12H14FN5O. The van der Waals surface area contributed by atoms with Crippen LogP contribution in [0.15, 0.2) is 30.5 Å². The molecule has 0 fully saturated rings. The number of nitrogens with zero attached hydrogens (tertiary/aromatic N) is 2. The topological polar surface area (TPSA) is 96.1 Å². The average molecular weight is 263 g/mol. The quantitative estimate of drug-likeness (QED) is 0.608. The molecule has 7 heteroatoms. The van der Waals surface area contributed by atoms with Crippen molar-refractivity contribution in [1.82, 2.24) is 9.97 Å². The number of aliphatic hydroxyl groups is 1. The zero-order chi connectivity index (χ0) is 13.7. The molecular weight excluding hydrogens is 249 g/mol. The number of benzene rings is 1. The van der Waals surface area contributed by atoms with Crippen molar-refractivity contribution in [2.75, 3.05) is 29.5 Å². The Morgan fingerprint density at radius 2 is 2.21 bits per heavy atom. The Kier molecular flexibility index (Phi) is 4.09. The predicted molar refractivity (Wildman–Crippen MR) is 71.7 cm³/mol. The van der Waals surface area contributed by atoms with Crippen molar-refractivity contribution in [2.45, 2.75) is 0 Å². The minimum absolute atomic E-state index is 0.0375. The number of rotatable bonds is 5. The summed E-state index contributed by atoms with van der Waals surface area (Å²) in [5, 5.41) is 14.3. The first-order chi connectivity index (χ1) is 9.19. The number of aromatic nitrogens is 2. The van der Waals surface area contributed by atoms with Crippen LogP contribution in [-0.4, -0.2) is 28.2 Å². The summed E-state index contributed by atoms with van der Waals surface area (Å²) in [6.07, 6.45) is 1.06. The zero-order valence-corrected chi connectivity index (χ0v) is 10.1. The molecule has 0 aliphatic rings. The summed E-state index contributed by atoms with van der Waals surface area (Å²) in [5.41, 5.74) is 6.96. The van der Waals surface area contributed by atoms with Gasteiger partial charge in [-0.1, -0.05) is 6.07 Å². The number of nitrogens with two attached hydrogens (primary N) is 1. The molecule has 0 amide bonds. The van der Waals surface area contributed by atoms with Crippen molar-refractivity contribution in [3.63, 3.8) is 0 Å². The second-order valence-electron chi connectivity index (χ2n) is 3.79. The number of nitrogen functional groups attached to an aromatic ring is 1. The Balaban J connectivity index is 2.16. The molecule has 0 atom stereocenters. The maximum Gasteiger partial charge on any atom is 0.229 e. The first kappa shape index (κ1) is 13.0. The van der Waals surface area contributed by atoms with Gasteiger partial charge in [-0.3, -0.25) is 0 Å². The SMILES string of the molecule is Nc1cccc(Nc2ncc(F)c(NCCO)n2)c1. The Labute approximate surface area is 109 Å². The van der Waals surface area contributed by atoms with E-state index in [9.17, 15) is 4.39 Å². The van der Waals surface area contributed by atoms with Gasteiger partial charge in [-0.25, -0.2) is 9.37 Å². The van der Waals surface area contributed by atoms with Crippen molar-refractivity contribution < 1.29 is 9.50 Å². The highest BCUT2D eigenvalue weighted by molar-refractivity contribution is 5.60. The van der Waals surface area contributed by atoms with E-state index in [0.717, 1.165) is 6.20 Å². The zero-order valence-electron chi connectivity index (χ0n) is 10.1. The van der Waals surface area contributed by atoms with Crippen LogP contribution in [0.2, 0.25) is 0 Å². The smallest absolute Gasteiger partial charge is 0.229 e. The third-order valence-electron chi connectivity index (χ3n) is 2.29. The lowest BCUT2D eigenvalue weighted by Crippen LogP contribution is -2.10. The van der Waals surface area contributed by atoms with Crippen molar-refractivity contribution in [3.05, 3.63) is 36.3 Å².